The van der Waals surface area contributed by atoms with E-state index in [4.69, 9.17) is 0 Å². The maximum atomic E-state index is 4.31. The zero-order valence-corrected chi connectivity index (χ0v) is 13.5. The average molecular weight is 282 g/mol. The summed E-state index contributed by atoms with van der Waals surface area (Å²) in [5, 5.41) is 11.9. The van der Waals surface area contributed by atoms with Gasteiger partial charge in [0.2, 0.25) is 0 Å². The molecule has 0 spiro atoms. The van der Waals surface area contributed by atoms with E-state index in [1.54, 1.807) is 0 Å². The van der Waals surface area contributed by atoms with Crippen molar-refractivity contribution in [3.05, 3.63) is 17.8 Å². The van der Waals surface area contributed by atoms with E-state index >= 15 is 0 Å². The van der Waals surface area contributed by atoms with E-state index in [0.29, 0.717) is 12.1 Å². The largest absolute Gasteiger partial charge is 0.355 e. The molecule has 19 heavy (non-hydrogen) atoms. The van der Waals surface area contributed by atoms with Crippen molar-refractivity contribution in [1.82, 2.24) is 15.5 Å². The molecule has 4 nitrogen and oxygen atoms in total. The van der Waals surface area contributed by atoms with Gasteiger partial charge in [0.15, 0.2) is 5.82 Å². The van der Waals surface area contributed by atoms with Crippen LogP contribution in [-0.2, 0) is 6.54 Å². The molecule has 1 rings (SSSR count). The van der Waals surface area contributed by atoms with Crippen LogP contribution in [0, 0.1) is 0 Å². The zero-order chi connectivity index (χ0) is 14.3. The van der Waals surface area contributed by atoms with E-state index in [-0.39, 0.29) is 0 Å². The van der Waals surface area contributed by atoms with E-state index in [1.165, 1.54) is 5.75 Å². The molecule has 1 aromatic heterocycles. The lowest BCUT2D eigenvalue weighted by Crippen LogP contribution is -2.30. The molecular weight excluding hydrogens is 256 g/mol. The van der Waals surface area contributed by atoms with E-state index in [2.05, 4.69) is 66.6 Å². The third-order valence-electron chi connectivity index (χ3n) is 3.16. The van der Waals surface area contributed by atoms with Crippen LogP contribution in [-0.4, -0.2) is 41.3 Å². The van der Waals surface area contributed by atoms with Gasteiger partial charge in [-0.3, -0.25) is 0 Å². The SMILES string of the molecule is CSCCC(C)N(C)c1ccc(CNC(C)C)nn1. The first-order valence-electron chi connectivity index (χ1n) is 6.82. The summed E-state index contributed by atoms with van der Waals surface area (Å²) in [5.74, 6) is 2.12. The molecule has 1 atom stereocenters. The molecule has 1 N–H and O–H groups in total. The van der Waals surface area contributed by atoms with Crippen LogP contribution in [0.5, 0.6) is 0 Å². The quantitative estimate of drug-likeness (QED) is 0.793. The van der Waals surface area contributed by atoms with Gasteiger partial charge >= 0.3 is 0 Å². The van der Waals surface area contributed by atoms with Crippen LogP contribution in [0.3, 0.4) is 0 Å². The molecule has 1 aromatic rings. The number of hydrogen-bond acceptors (Lipinski definition) is 5. The third-order valence-corrected chi connectivity index (χ3v) is 3.80. The number of thioether (sulfide) groups is 1. The van der Waals surface area contributed by atoms with Crippen LogP contribution < -0.4 is 10.2 Å². The molecule has 0 saturated carbocycles. The highest BCUT2D eigenvalue weighted by molar-refractivity contribution is 7.98. The summed E-state index contributed by atoms with van der Waals surface area (Å²) < 4.78 is 0. The molecule has 108 valence electrons. The standard InChI is InChI=1S/C14H26N4S/c1-11(2)15-10-13-6-7-14(17-16-13)18(4)12(3)8-9-19-5/h6-7,11-12,15H,8-10H2,1-5H3. The van der Waals surface area contributed by atoms with Gasteiger partial charge in [-0.25, -0.2) is 0 Å². The van der Waals surface area contributed by atoms with Crippen molar-refractivity contribution in [2.45, 2.75) is 45.8 Å². The predicted octanol–water partition coefficient (Wildman–Crippen LogP) is 2.55. The van der Waals surface area contributed by atoms with Crippen LogP contribution in [0.4, 0.5) is 5.82 Å². The van der Waals surface area contributed by atoms with Crippen molar-refractivity contribution in [1.29, 1.82) is 0 Å². The maximum absolute atomic E-state index is 4.31. The lowest BCUT2D eigenvalue weighted by Gasteiger charge is -2.25. The molecule has 0 amide bonds. The monoisotopic (exact) mass is 282 g/mol. The molecule has 0 aliphatic heterocycles. The van der Waals surface area contributed by atoms with Crippen molar-refractivity contribution >= 4 is 17.6 Å². The molecular formula is C14H26N4S. The molecule has 1 unspecified atom stereocenters. The number of rotatable bonds is 8. The van der Waals surface area contributed by atoms with Gasteiger partial charge in [-0.15, -0.1) is 5.10 Å². The van der Waals surface area contributed by atoms with Crippen molar-refractivity contribution in [2.24, 2.45) is 0 Å². The lowest BCUT2D eigenvalue weighted by atomic mass is 10.2. The summed E-state index contributed by atoms with van der Waals surface area (Å²) in [7, 11) is 2.08. The first-order valence-corrected chi connectivity index (χ1v) is 8.21. The molecule has 0 radical (unpaired) electrons. The van der Waals surface area contributed by atoms with Crippen LogP contribution in [0.1, 0.15) is 32.9 Å². The predicted molar refractivity (Wildman–Crippen MR) is 84.9 cm³/mol. The maximum Gasteiger partial charge on any atom is 0.151 e. The molecule has 5 heteroatoms. The van der Waals surface area contributed by atoms with Crippen molar-refractivity contribution in [3.63, 3.8) is 0 Å². The van der Waals surface area contributed by atoms with E-state index in [0.717, 1.165) is 24.5 Å². The Morgan fingerprint density at radius 2 is 2.00 bits per heavy atom. The van der Waals surface area contributed by atoms with Crippen LogP contribution in [0.15, 0.2) is 12.1 Å². The molecule has 0 aliphatic rings. The summed E-state index contributed by atoms with van der Waals surface area (Å²) >= 11 is 1.88. The minimum atomic E-state index is 0.468. The first kappa shape index (κ1) is 16.2. The Balaban J connectivity index is 2.54. The van der Waals surface area contributed by atoms with Gasteiger partial charge in [-0.2, -0.15) is 16.9 Å². The molecule has 1 heterocycles. The fourth-order valence-electron chi connectivity index (χ4n) is 1.65. The van der Waals surface area contributed by atoms with E-state index < -0.39 is 0 Å². The number of nitrogens with zero attached hydrogens (tertiary/aromatic N) is 3. The number of anilines is 1. The molecule has 0 saturated heterocycles. The third kappa shape index (κ3) is 5.78. The molecule has 0 fully saturated rings. The van der Waals surface area contributed by atoms with Gasteiger partial charge in [0.1, 0.15) is 0 Å². The van der Waals surface area contributed by atoms with Crippen LogP contribution in [0.2, 0.25) is 0 Å². The van der Waals surface area contributed by atoms with Gasteiger partial charge in [-0.1, -0.05) is 13.8 Å². The highest BCUT2D eigenvalue weighted by atomic mass is 32.2. The number of hydrogen-bond donors (Lipinski definition) is 1. The summed E-state index contributed by atoms with van der Waals surface area (Å²) in [4.78, 5) is 2.20. The van der Waals surface area contributed by atoms with Crippen molar-refractivity contribution in [3.8, 4) is 0 Å². The minimum Gasteiger partial charge on any atom is -0.355 e. The van der Waals surface area contributed by atoms with Crippen molar-refractivity contribution < 1.29 is 0 Å². The molecule has 0 bridgehead atoms. The Labute approximate surface area is 121 Å². The fraction of sp³-hybridized carbons (Fsp3) is 0.714. The highest BCUT2D eigenvalue weighted by Crippen LogP contribution is 2.14. The normalized spacial score (nSPS) is 12.7. The van der Waals surface area contributed by atoms with Gasteiger partial charge in [0.05, 0.1) is 5.69 Å². The van der Waals surface area contributed by atoms with Gasteiger partial charge < -0.3 is 10.2 Å². The molecule has 0 aromatic carbocycles. The Morgan fingerprint density at radius 1 is 1.26 bits per heavy atom. The Kier molecular flexibility index (Phi) is 7.16. The summed E-state index contributed by atoms with van der Waals surface area (Å²) in [6.45, 7) is 7.26. The Morgan fingerprint density at radius 3 is 2.53 bits per heavy atom. The van der Waals surface area contributed by atoms with Crippen LogP contribution >= 0.6 is 11.8 Å². The zero-order valence-electron chi connectivity index (χ0n) is 12.7. The second-order valence-electron chi connectivity index (χ2n) is 5.16. The number of nitrogens with one attached hydrogen (secondary N) is 1. The van der Waals surface area contributed by atoms with E-state index in [9.17, 15) is 0 Å². The first-order chi connectivity index (χ1) is 9.04. The minimum absolute atomic E-state index is 0.468. The van der Waals surface area contributed by atoms with Gasteiger partial charge in [-0.05, 0) is 37.5 Å². The van der Waals surface area contributed by atoms with Crippen molar-refractivity contribution in [2.75, 3.05) is 24.0 Å². The molecule has 0 aliphatic carbocycles. The Bertz CT molecular complexity index is 353. The van der Waals surface area contributed by atoms with Gasteiger partial charge in [0.25, 0.3) is 0 Å². The summed E-state index contributed by atoms with van der Waals surface area (Å²) in [6, 6.07) is 5.06. The highest BCUT2D eigenvalue weighted by Gasteiger charge is 2.11. The summed E-state index contributed by atoms with van der Waals surface area (Å²) in [6.07, 6.45) is 3.30. The fourth-order valence-corrected chi connectivity index (χ4v) is 2.23. The average Bonchev–Trinajstić information content (AvgIpc) is 2.42. The second kappa shape index (κ2) is 8.38. The van der Waals surface area contributed by atoms with Crippen LogP contribution in [0.25, 0.3) is 0 Å². The topological polar surface area (TPSA) is 41.0 Å². The number of aromatic nitrogens is 2. The van der Waals surface area contributed by atoms with Gasteiger partial charge in [0, 0.05) is 25.7 Å². The van der Waals surface area contributed by atoms with E-state index in [1.807, 2.05) is 11.8 Å². The second-order valence-corrected chi connectivity index (χ2v) is 6.15. The lowest BCUT2D eigenvalue weighted by molar-refractivity contribution is 0.576. The smallest absolute Gasteiger partial charge is 0.151 e. The summed E-state index contributed by atoms with van der Waals surface area (Å²) in [5.41, 5.74) is 0.989. The Hall–Kier alpha value is -0.810.